The molecule has 0 radical (unpaired) electrons. The molecular formula is C10H20ClNO. The van der Waals surface area contributed by atoms with Gasteiger partial charge in [0, 0.05) is 24.1 Å². The smallest absolute Gasteiger partial charge is 0.0620 e. The van der Waals surface area contributed by atoms with Crippen molar-refractivity contribution in [1.82, 2.24) is 5.32 Å². The van der Waals surface area contributed by atoms with Gasteiger partial charge in [-0.1, -0.05) is 13.8 Å². The van der Waals surface area contributed by atoms with Gasteiger partial charge in [-0.25, -0.2) is 0 Å². The van der Waals surface area contributed by atoms with Crippen molar-refractivity contribution in [2.75, 3.05) is 19.1 Å². The summed E-state index contributed by atoms with van der Waals surface area (Å²) in [5.74, 6) is 0.691. The van der Waals surface area contributed by atoms with E-state index in [1.807, 2.05) is 0 Å². The number of alkyl halides is 1. The van der Waals surface area contributed by atoms with Crippen LogP contribution in [0.1, 0.15) is 33.1 Å². The van der Waals surface area contributed by atoms with Crippen LogP contribution in [0.25, 0.3) is 0 Å². The van der Waals surface area contributed by atoms with Crippen molar-refractivity contribution in [3.8, 4) is 0 Å². The van der Waals surface area contributed by atoms with Crippen LogP contribution in [0.4, 0.5) is 0 Å². The molecule has 1 saturated heterocycles. The first-order chi connectivity index (χ1) is 6.26. The van der Waals surface area contributed by atoms with Crippen molar-refractivity contribution in [3.63, 3.8) is 0 Å². The Balaban J connectivity index is 2.44. The standard InChI is InChI=1S/C10H20ClNO/c1-3-10(4-2,8-11)12-9-5-6-13-7-9/h9,12H,3-8H2,1-2H3. The molecule has 2 nitrogen and oxygen atoms in total. The van der Waals surface area contributed by atoms with E-state index in [0.29, 0.717) is 11.9 Å². The minimum absolute atomic E-state index is 0.125. The molecule has 0 aliphatic carbocycles. The maximum atomic E-state index is 6.00. The molecule has 1 N–H and O–H groups in total. The monoisotopic (exact) mass is 205 g/mol. The number of hydrogen-bond donors (Lipinski definition) is 1. The van der Waals surface area contributed by atoms with E-state index in [1.54, 1.807) is 0 Å². The summed E-state index contributed by atoms with van der Waals surface area (Å²) < 4.78 is 5.33. The summed E-state index contributed by atoms with van der Waals surface area (Å²) in [6.07, 6.45) is 3.30. The number of hydrogen-bond acceptors (Lipinski definition) is 2. The molecule has 0 aromatic rings. The van der Waals surface area contributed by atoms with E-state index >= 15 is 0 Å². The Kier molecular flexibility index (Phi) is 4.50. The molecule has 1 atom stereocenters. The van der Waals surface area contributed by atoms with Crippen LogP contribution < -0.4 is 5.32 Å². The van der Waals surface area contributed by atoms with Gasteiger partial charge >= 0.3 is 0 Å². The van der Waals surface area contributed by atoms with Gasteiger partial charge in [0.05, 0.1) is 6.61 Å². The summed E-state index contributed by atoms with van der Waals surface area (Å²) in [5, 5.41) is 3.62. The fourth-order valence-electron chi connectivity index (χ4n) is 1.76. The first kappa shape index (κ1) is 11.3. The van der Waals surface area contributed by atoms with Crippen LogP contribution in [0.3, 0.4) is 0 Å². The third-order valence-corrected chi connectivity index (χ3v) is 3.56. The zero-order valence-corrected chi connectivity index (χ0v) is 9.36. The van der Waals surface area contributed by atoms with Gasteiger partial charge in [0.15, 0.2) is 0 Å². The minimum Gasteiger partial charge on any atom is -0.380 e. The first-order valence-electron chi connectivity index (χ1n) is 5.17. The molecule has 1 heterocycles. The lowest BCUT2D eigenvalue weighted by molar-refractivity contribution is 0.180. The molecule has 0 spiro atoms. The summed E-state index contributed by atoms with van der Waals surface area (Å²) in [6.45, 7) is 6.12. The van der Waals surface area contributed by atoms with Crippen LogP contribution in [0, 0.1) is 0 Å². The predicted octanol–water partition coefficient (Wildman–Crippen LogP) is 2.16. The highest BCUT2D eigenvalue weighted by molar-refractivity contribution is 6.18. The zero-order valence-electron chi connectivity index (χ0n) is 8.61. The molecule has 3 heteroatoms. The molecule has 0 bridgehead atoms. The Hall–Kier alpha value is 0.210. The Labute approximate surface area is 86.0 Å². The fraction of sp³-hybridized carbons (Fsp3) is 1.00. The van der Waals surface area contributed by atoms with Crippen LogP contribution in [0.5, 0.6) is 0 Å². The minimum atomic E-state index is 0.125. The summed E-state index contributed by atoms with van der Waals surface area (Å²) in [6, 6.07) is 0.513. The maximum absolute atomic E-state index is 6.00. The third-order valence-electron chi connectivity index (χ3n) is 3.05. The summed E-state index contributed by atoms with van der Waals surface area (Å²) in [7, 11) is 0. The second-order valence-electron chi connectivity index (χ2n) is 3.83. The average molecular weight is 206 g/mol. The lowest BCUT2D eigenvalue weighted by Crippen LogP contribution is -2.51. The number of rotatable bonds is 5. The van der Waals surface area contributed by atoms with E-state index < -0.39 is 0 Å². The van der Waals surface area contributed by atoms with Gasteiger partial charge in [-0.3, -0.25) is 0 Å². The van der Waals surface area contributed by atoms with Gasteiger partial charge in [0.1, 0.15) is 0 Å². The van der Waals surface area contributed by atoms with Crippen LogP contribution >= 0.6 is 11.6 Å². The molecule has 0 aromatic carbocycles. The molecule has 0 aromatic heterocycles. The Morgan fingerprint density at radius 1 is 1.46 bits per heavy atom. The summed E-state index contributed by atoms with van der Waals surface area (Å²) in [4.78, 5) is 0. The molecule has 1 rings (SSSR count). The second-order valence-corrected chi connectivity index (χ2v) is 4.09. The van der Waals surface area contributed by atoms with Crippen molar-refractivity contribution >= 4 is 11.6 Å². The van der Waals surface area contributed by atoms with Crippen LogP contribution in [-0.2, 0) is 4.74 Å². The molecule has 1 unspecified atom stereocenters. The van der Waals surface area contributed by atoms with Crippen molar-refractivity contribution in [2.24, 2.45) is 0 Å². The predicted molar refractivity (Wildman–Crippen MR) is 56.4 cm³/mol. The van der Waals surface area contributed by atoms with Crippen LogP contribution in [0.2, 0.25) is 0 Å². The van der Waals surface area contributed by atoms with Crippen molar-refractivity contribution in [3.05, 3.63) is 0 Å². The van der Waals surface area contributed by atoms with Crippen LogP contribution in [0.15, 0.2) is 0 Å². The van der Waals surface area contributed by atoms with Crippen molar-refractivity contribution in [1.29, 1.82) is 0 Å². The van der Waals surface area contributed by atoms with Gasteiger partial charge in [0.25, 0.3) is 0 Å². The average Bonchev–Trinajstić information content (AvgIpc) is 2.67. The molecule has 1 aliphatic heterocycles. The van der Waals surface area contributed by atoms with Gasteiger partial charge < -0.3 is 10.1 Å². The lowest BCUT2D eigenvalue weighted by Gasteiger charge is -2.33. The normalized spacial score (nSPS) is 23.8. The molecule has 1 fully saturated rings. The Morgan fingerprint density at radius 2 is 2.15 bits per heavy atom. The number of halogens is 1. The molecule has 0 amide bonds. The van der Waals surface area contributed by atoms with Gasteiger partial charge in [0.2, 0.25) is 0 Å². The molecule has 78 valence electrons. The highest BCUT2D eigenvalue weighted by atomic mass is 35.5. The fourth-order valence-corrected chi connectivity index (χ4v) is 2.22. The molecule has 13 heavy (non-hydrogen) atoms. The van der Waals surface area contributed by atoms with E-state index in [-0.39, 0.29) is 5.54 Å². The summed E-state index contributed by atoms with van der Waals surface area (Å²) >= 11 is 6.00. The SMILES string of the molecule is CCC(CC)(CCl)NC1CCOC1. The van der Waals surface area contributed by atoms with Gasteiger partial charge in [-0.2, -0.15) is 0 Å². The van der Waals surface area contributed by atoms with Crippen LogP contribution in [-0.4, -0.2) is 30.7 Å². The maximum Gasteiger partial charge on any atom is 0.0620 e. The Morgan fingerprint density at radius 3 is 2.54 bits per heavy atom. The van der Waals surface area contributed by atoms with E-state index in [1.165, 1.54) is 0 Å². The molecular weight excluding hydrogens is 186 g/mol. The quantitative estimate of drug-likeness (QED) is 0.695. The summed E-state index contributed by atoms with van der Waals surface area (Å²) in [5.41, 5.74) is 0.125. The number of ether oxygens (including phenoxy) is 1. The molecule has 0 saturated carbocycles. The van der Waals surface area contributed by atoms with E-state index in [0.717, 1.165) is 32.5 Å². The first-order valence-corrected chi connectivity index (χ1v) is 5.71. The van der Waals surface area contributed by atoms with Crippen molar-refractivity contribution in [2.45, 2.75) is 44.7 Å². The highest BCUT2D eigenvalue weighted by Crippen LogP contribution is 2.19. The van der Waals surface area contributed by atoms with E-state index in [2.05, 4.69) is 19.2 Å². The van der Waals surface area contributed by atoms with E-state index in [4.69, 9.17) is 16.3 Å². The highest BCUT2D eigenvalue weighted by Gasteiger charge is 2.29. The third kappa shape index (κ3) is 2.83. The lowest BCUT2D eigenvalue weighted by atomic mass is 9.94. The van der Waals surface area contributed by atoms with Gasteiger partial charge in [-0.15, -0.1) is 11.6 Å². The van der Waals surface area contributed by atoms with Gasteiger partial charge in [-0.05, 0) is 19.3 Å². The van der Waals surface area contributed by atoms with E-state index in [9.17, 15) is 0 Å². The zero-order chi connectivity index (χ0) is 9.73. The Bertz CT molecular complexity index is 134. The second kappa shape index (κ2) is 5.18. The largest absolute Gasteiger partial charge is 0.380 e. The van der Waals surface area contributed by atoms with Crippen molar-refractivity contribution < 1.29 is 4.74 Å². The topological polar surface area (TPSA) is 21.3 Å². The molecule has 1 aliphatic rings. The number of nitrogens with one attached hydrogen (secondary N) is 1.